The zero-order valence-electron chi connectivity index (χ0n) is 10.9. The summed E-state index contributed by atoms with van der Waals surface area (Å²) in [5.41, 5.74) is 3.55. The number of aryl methyl sites for hydroxylation is 2. The van der Waals surface area contributed by atoms with E-state index in [9.17, 15) is 4.79 Å². The number of carboxylic acid groups (broad SMARTS) is 1. The van der Waals surface area contributed by atoms with E-state index in [2.05, 4.69) is 23.5 Å². The molecule has 0 saturated heterocycles. The molecule has 2 N–H and O–H groups in total. The Morgan fingerprint density at radius 3 is 2.18 bits per heavy atom. The van der Waals surface area contributed by atoms with Crippen LogP contribution in [0.5, 0.6) is 0 Å². The quantitative estimate of drug-likeness (QED) is 0.824. The second-order valence-corrected chi connectivity index (χ2v) is 4.94. The monoisotopic (exact) mass is 235 g/mol. The lowest BCUT2D eigenvalue weighted by Gasteiger charge is -2.18. The minimum absolute atomic E-state index is 0.0819. The van der Waals surface area contributed by atoms with Gasteiger partial charge in [0.1, 0.15) is 6.04 Å². The Balaban J connectivity index is 2.68. The van der Waals surface area contributed by atoms with Crippen LogP contribution in [-0.4, -0.2) is 17.1 Å². The molecule has 0 bridgehead atoms. The third-order valence-corrected chi connectivity index (χ3v) is 2.74. The number of carbonyl (C=O) groups is 1. The molecule has 1 rings (SSSR count). The Hall–Kier alpha value is -1.35. The number of hydrogen-bond donors (Lipinski definition) is 2. The van der Waals surface area contributed by atoms with Gasteiger partial charge < -0.3 is 10.4 Å². The third kappa shape index (κ3) is 4.19. The molecule has 0 aliphatic rings. The molecule has 94 valence electrons. The fourth-order valence-corrected chi connectivity index (χ4v) is 2.01. The predicted octanol–water partition coefficient (Wildman–Crippen LogP) is 2.50. The molecule has 1 aromatic rings. The van der Waals surface area contributed by atoms with Gasteiger partial charge >= 0.3 is 5.97 Å². The van der Waals surface area contributed by atoms with Gasteiger partial charge in [-0.25, -0.2) is 0 Å². The zero-order valence-corrected chi connectivity index (χ0v) is 10.9. The molecule has 0 saturated carbocycles. The van der Waals surface area contributed by atoms with Gasteiger partial charge in [0.25, 0.3) is 0 Å². The molecular weight excluding hydrogens is 214 g/mol. The first kappa shape index (κ1) is 13.7. The molecule has 1 unspecified atom stereocenters. The summed E-state index contributed by atoms with van der Waals surface area (Å²) < 4.78 is 0. The largest absolute Gasteiger partial charge is 0.480 e. The van der Waals surface area contributed by atoms with Crippen LogP contribution in [0.25, 0.3) is 0 Å². The van der Waals surface area contributed by atoms with Crippen LogP contribution in [0.15, 0.2) is 18.2 Å². The molecule has 0 heterocycles. The van der Waals surface area contributed by atoms with Gasteiger partial charge in [0, 0.05) is 6.54 Å². The lowest BCUT2D eigenvalue weighted by molar-refractivity contribution is -0.140. The molecule has 0 spiro atoms. The average molecular weight is 235 g/mol. The smallest absolute Gasteiger partial charge is 0.320 e. The highest BCUT2D eigenvalue weighted by Gasteiger charge is 2.20. The Morgan fingerprint density at radius 1 is 1.24 bits per heavy atom. The number of benzene rings is 1. The molecule has 0 amide bonds. The summed E-state index contributed by atoms with van der Waals surface area (Å²) in [7, 11) is 0. The van der Waals surface area contributed by atoms with Crippen molar-refractivity contribution in [1.29, 1.82) is 0 Å². The standard InChI is InChI=1S/C14H21NO2/c1-9(2)13(14(16)17)15-8-12-6-10(3)5-11(4)7-12/h5-7,9,13,15H,8H2,1-4H3,(H,16,17). The highest BCUT2D eigenvalue weighted by atomic mass is 16.4. The Kier molecular flexibility index (Phi) is 4.70. The zero-order chi connectivity index (χ0) is 13.0. The number of aliphatic carboxylic acids is 1. The third-order valence-electron chi connectivity index (χ3n) is 2.74. The van der Waals surface area contributed by atoms with Gasteiger partial charge in [-0.2, -0.15) is 0 Å². The number of rotatable bonds is 5. The van der Waals surface area contributed by atoms with Gasteiger partial charge in [0.15, 0.2) is 0 Å². The van der Waals surface area contributed by atoms with E-state index in [-0.39, 0.29) is 5.92 Å². The van der Waals surface area contributed by atoms with Gasteiger partial charge in [0.05, 0.1) is 0 Å². The number of carboxylic acids is 1. The van der Waals surface area contributed by atoms with Crippen LogP contribution in [-0.2, 0) is 11.3 Å². The van der Waals surface area contributed by atoms with Crippen molar-refractivity contribution in [2.24, 2.45) is 5.92 Å². The van der Waals surface area contributed by atoms with Gasteiger partial charge in [-0.15, -0.1) is 0 Å². The second kappa shape index (κ2) is 5.82. The summed E-state index contributed by atoms with van der Waals surface area (Å²) in [6.45, 7) is 8.51. The van der Waals surface area contributed by atoms with E-state index in [0.29, 0.717) is 6.54 Å². The van der Waals surface area contributed by atoms with Crippen molar-refractivity contribution in [3.05, 3.63) is 34.9 Å². The maximum Gasteiger partial charge on any atom is 0.320 e. The molecule has 0 aliphatic heterocycles. The second-order valence-electron chi connectivity index (χ2n) is 4.94. The van der Waals surface area contributed by atoms with Gasteiger partial charge in [0.2, 0.25) is 0 Å². The van der Waals surface area contributed by atoms with E-state index in [1.807, 2.05) is 27.7 Å². The van der Waals surface area contributed by atoms with Crippen LogP contribution in [0.1, 0.15) is 30.5 Å². The topological polar surface area (TPSA) is 49.3 Å². The van der Waals surface area contributed by atoms with Crippen molar-refractivity contribution in [3.63, 3.8) is 0 Å². The predicted molar refractivity (Wildman–Crippen MR) is 69.0 cm³/mol. The van der Waals surface area contributed by atoms with Gasteiger partial charge in [-0.1, -0.05) is 43.2 Å². The van der Waals surface area contributed by atoms with Crippen molar-refractivity contribution >= 4 is 5.97 Å². The van der Waals surface area contributed by atoms with Crippen LogP contribution < -0.4 is 5.32 Å². The van der Waals surface area contributed by atoms with Crippen LogP contribution in [0.2, 0.25) is 0 Å². The van der Waals surface area contributed by atoms with E-state index in [0.717, 1.165) is 5.56 Å². The van der Waals surface area contributed by atoms with Gasteiger partial charge in [-0.3, -0.25) is 4.79 Å². The van der Waals surface area contributed by atoms with Gasteiger partial charge in [-0.05, 0) is 25.3 Å². The molecule has 1 atom stereocenters. The fraction of sp³-hybridized carbons (Fsp3) is 0.500. The first-order valence-corrected chi connectivity index (χ1v) is 5.93. The Morgan fingerprint density at radius 2 is 1.76 bits per heavy atom. The lowest BCUT2D eigenvalue weighted by atomic mass is 10.0. The van der Waals surface area contributed by atoms with Crippen molar-refractivity contribution in [3.8, 4) is 0 Å². The molecule has 0 radical (unpaired) electrons. The first-order valence-electron chi connectivity index (χ1n) is 5.93. The molecular formula is C14H21NO2. The summed E-state index contributed by atoms with van der Waals surface area (Å²) in [6.07, 6.45) is 0. The van der Waals surface area contributed by atoms with Crippen LogP contribution in [0.4, 0.5) is 0 Å². The maximum absolute atomic E-state index is 11.0. The SMILES string of the molecule is Cc1cc(C)cc(CNC(C(=O)O)C(C)C)c1. The molecule has 0 aliphatic carbocycles. The summed E-state index contributed by atoms with van der Waals surface area (Å²) in [6, 6.07) is 5.79. The van der Waals surface area contributed by atoms with Crippen LogP contribution in [0.3, 0.4) is 0 Å². The van der Waals surface area contributed by atoms with E-state index < -0.39 is 12.0 Å². The molecule has 1 aromatic carbocycles. The van der Waals surface area contributed by atoms with Crippen molar-refractivity contribution < 1.29 is 9.90 Å². The van der Waals surface area contributed by atoms with E-state index in [1.54, 1.807) is 0 Å². The van der Waals surface area contributed by atoms with Crippen LogP contribution in [0, 0.1) is 19.8 Å². The summed E-state index contributed by atoms with van der Waals surface area (Å²) >= 11 is 0. The van der Waals surface area contributed by atoms with Crippen molar-refractivity contribution in [2.45, 2.75) is 40.3 Å². The Bertz CT molecular complexity index is 379. The molecule has 17 heavy (non-hydrogen) atoms. The lowest BCUT2D eigenvalue weighted by Crippen LogP contribution is -2.40. The minimum atomic E-state index is -0.788. The maximum atomic E-state index is 11.0. The number of nitrogens with one attached hydrogen (secondary N) is 1. The first-order chi connectivity index (χ1) is 7.90. The minimum Gasteiger partial charge on any atom is -0.480 e. The average Bonchev–Trinajstić information content (AvgIpc) is 2.14. The number of hydrogen-bond acceptors (Lipinski definition) is 2. The normalized spacial score (nSPS) is 12.8. The van der Waals surface area contributed by atoms with E-state index in [4.69, 9.17) is 5.11 Å². The molecule has 0 fully saturated rings. The van der Waals surface area contributed by atoms with Crippen molar-refractivity contribution in [2.75, 3.05) is 0 Å². The molecule has 3 nitrogen and oxygen atoms in total. The van der Waals surface area contributed by atoms with Crippen molar-refractivity contribution in [1.82, 2.24) is 5.32 Å². The van der Waals surface area contributed by atoms with E-state index in [1.165, 1.54) is 11.1 Å². The summed E-state index contributed by atoms with van der Waals surface area (Å²) in [5, 5.41) is 12.2. The van der Waals surface area contributed by atoms with E-state index >= 15 is 0 Å². The highest BCUT2D eigenvalue weighted by molar-refractivity contribution is 5.73. The molecule has 3 heteroatoms. The molecule has 0 aromatic heterocycles. The summed E-state index contributed by atoms with van der Waals surface area (Å²) in [5.74, 6) is -0.706. The fourth-order valence-electron chi connectivity index (χ4n) is 2.01. The Labute approximate surface area is 103 Å². The van der Waals surface area contributed by atoms with Crippen LogP contribution >= 0.6 is 0 Å². The highest BCUT2D eigenvalue weighted by Crippen LogP contribution is 2.10. The summed E-state index contributed by atoms with van der Waals surface area (Å²) in [4.78, 5) is 11.0.